The van der Waals surface area contributed by atoms with Crippen LogP contribution in [-0.4, -0.2) is 18.7 Å². The Hall–Kier alpha value is -0.990. The number of carbonyl (C=O) groups is 1. The molecule has 0 aromatic heterocycles. The van der Waals surface area contributed by atoms with Gasteiger partial charge in [0.2, 0.25) is 0 Å². The summed E-state index contributed by atoms with van der Waals surface area (Å²) in [5.74, 6) is 1.19. The lowest BCUT2D eigenvalue weighted by molar-refractivity contribution is -0.137. The fourth-order valence-corrected chi connectivity index (χ4v) is 2.47. The summed E-state index contributed by atoms with van der Waals surface area (Å²) in [5.41, 5.74) is 0. The highest BCUT2D eigenvalue weighted by Crippen LogP contribution is 2.38. The van der Waals surface area contributed by atoms with Crippen LogP contribution in [0.5, 0.6) is 0 Å². The molecule has 0 spiro atoms. The van der Waals surface area contributed by atoms with Gasteiger partial charge in [-0.3, -0.25) is 0 Å². The molecule has 1 heterocycles. The Morgan fingerprint density at radius 2 is 2.33 bits per heavy atom. The van der Waals surface area contributed by atoms with Crippen LogP contribution >= 0.6 is 0 Å². The van der Waals surface area contributed by atoms with Gasteiger partial charge in [0.05, 0.1) is 12.7 Å². The quantitative estimate of drug-likeness (QED) is 0.518. The van der Waals surface area contributed by atoms with Crippen molar-refractivity contribution in [2.75, 3.05) is 6.61 Å². The van der Waals surface area contributed by atoms with E-state index in [0.717, 1.165) is 18.6 Å². The smallest absolute Gasteiger partial charge is 0.334 e. The molecule has 2 aliphatic rings. The van der Waals surface area contributed by atoms with Gasteiger partial charge in [-0.2, -0.15) is 0 Å². The molecule has 84 valence electrons. The van der Waals surface area contributed by atoms with E-state index in [1.807, 2.05) is 6.92 Å². The maximum absolute atomic E-state index is 11.2. The highest BCUT2D eigenvalue weighted by molar-refractivity contribution is 5.82. The maximum atomic E-state index is 11.2. The number of esters is 1. The van der Waals surface area contributed by atoms with Gasteiger partial charge in [0, 0.05) is 12.3 Å². The average molecular weight is 210 g/mol. The molecule has 0 unspecified atom stereocenters. The standard InChI is InChI=1S/C12H18O3/c1-2-14-12(13)8-10-7-9-5-3-4-6-11(9)15-10/h8-9,11H,2-7H2,1H3/b10-8-/t9-,11+/m0/s1. The van der Waals surface area contributed by atoms with Crippen molar-refractivity contribution < 1.29 is 14.3 Å². The molecular formula is C12H18O3. The van der Waals surface area contributed by atoms with Crippen molar-refractivity contribution in [2.24, 2.45) is 5.92 Å². The number of carbonyl (C=O) groups excluding carboxylic acids is 1. The highest BCUT2D eigenvalue weighted by atomic mass is 16.5. The third-order valence-corrected chi connectivity index (χ3v) is 3.17. The lowest BCUT2D eigenvalue weighted by Gasteiger charge is -2.22. The molecule has 1 aliphatic carbocycles. The van der Waals surface area contributed by atoms with Gasteiger partial charge in [0.25, 0.3) is 0 Å². The van der Waals surface area contributed by atoms with Crippen LogP contribution in [0.3, 0.4) is 0 Å². The first-order valence-corrected chi connectivity index (χ1v) is 5.83. The minimum Gasteiger partial charge on any atom is -0.494 e. The topological polar surface area (TPSA) is 35.5 Å². The SMILES string of the molecule is CCOC(=O)/C=C1/C[C@@H]2CCCC[C@H]2O1. The Morgan fingerprint density at radius 1 is 1.53 bits per heavy atom. The van der Waals surface area contributed by atoms with Gasteiger partial charge in [-0.1, -0.05) is 6.42 Å². The third-order valence-electron chi connectivity index (χ3n) is 3.17. The summed E-state index contributed by atoms with van der Waals surface area (Å²) >= 11 is 0. The number of hydrogen-bond acceptors (Lipinski definition) is 3. The van der Waals surface area contributed by atoms with Crippen LogP contribution < -0.4 is 0 Å². The van der Waals surface area contributed by atoms with E-state index in [4.69, 9.17) is 9.47 Å². The fourth-order valence-electron chi connectivity index (χ4n) is 2.47. The number of rotatable bonds is 2. The second kappa shape index (κ2) is 4.69. The second-order valence-corrected chi connectivity index (χ2v) is 4.27. The molecule has 3 heteroatoms. The zero-order valence-corrected chi connectivity index (χ0v) is 9.20. The van der Waals surface area contributed by atoms with E-state index in [1.165, 1.54) is 25.3 Å². The lowest BCUT2D eigenvalue weighted by Crippen LogP contribution is -2.19. The number of allylic oxidation sites excluding steroid dienone is 1. The fraction of sp³-hybridized carbons (Fsp3) is 0.750. The molecule has 3 nitrogen and oxygen atoms in total. The summed E-state index contributed by atoms with van der Waals surface area (Å²) in [6.45, 7) is 2.24. The lowest BCUT2D eigenvalue weighted by atomic mass is 9.86. The van der Waals surface area contributed by atoms with Gasteiger partial charge in [0.1, 0.15) is 11.9 Å². The zero-order chi connectivity index (χ0) is 10.7. The molecule has 1 saturated heterocycles. The first kappa shape index (κ1) is 10.5. The molecule has 2 fully saturated rings. The summed E-state index contributed by atoms with van der Waals surface area (Å²) in [5, 5.41) is 0. The van der Waals surface area contributed by atoms with Crippen LogP contribution in [0.25, 0.3) is 0 Å². The Kier molecular flexibility index (Phi) is 3.29. The number of hydrogen-bond donors (Lipinski definition) is 0. The van der Waals surface area contributed by atoms with E-state index in [9.17, 15) is 4.79 Å². The molecule has 0 amide bonds. The number of fused-ring (bicyclic) bond motifs is 1. The van der Waals surface area contributed by atoms with Crippen molar-refractivity contribution in [3.63, 3.8) is 0 Å². The van der Waals surface area contributed by atoms with Crippen molar-refractivity contribution in [1.29, 1.82) is 0 Å². The van der Waals surface area contributed by atoms with Crippen LogP contribution in [0.1, 0.15) is 39.0 Å². The summed E-state index contributed by atoms with van der Waals surface area (Å²) in [7, 11) is 0. The Morgan fingerprint density at radius 3 is 3.07 bits per heavy atom. The van der Waals surface area contributed by atoms with E-state index in [2.05, 4.69) is 0 Å². The van der Waals surface area contributed by atoms with Crippen LogP contribution in [0.15, 0.2) is 11.8 Å². The molecule has 0 radical (unpaired) electrons. The molecule has 0 aromatic carbocycles. The van der Waals surface area contributed by atoms with Crippen molar-refractivity contribution in [3.8, 4) is 0 Å². The van der Waals surface area contributed by atoms with Gasteiger partial charge >= 0.3 is 5.97 Å². The minimum atomic E-state index is -0.272. The molecule has 1 aliphatic heterocycles. The Balaban J connectivity index is 1.93. The van der Waals surface area contributed by atoms with E-state index < -0.39 is 0 Å². The summed E-state index contributed by atoms with van der Waals surface area (Å²) in [4.78, 5) is 11.2. The Bertz CT molecular complexity index is 254. The largest absolute Gasteiger partial charge is 0.494 e. The molecule has 0 aromatic rings. The van der Waals surface area contributed by atoms with Gasteiger partial charge < -0.3 is 9.47 Å². The highest BCUT2D eigenvalue weighted by Gasteiger charge is 2.34. The minimum absolute atomic E-state index is 0.272. The molecule has 2 atom stereocenters. The van der Waals surface area contributed by atoms with Crippen molar-refractivity contribution >= 4 is 5.97 Å². The molecule has 0 N–H and O–H groups in total. The summed E-state index contributed by atoms with van der Waals surface area (Å²) in [6, 6.07) is 0. The van der Waals surface area contributed by atoms with E-state index in [-0.39, 0.29) is 5.97 Å². The average Bonchev–Trinajstić information content (AvgIpc) is 2.59. The normalized spacial score (nSPS) is 32.2. The van der Waals surface area contributed by atoms with E-state index >= 15 is 0 Å². The predicted octanol–water partition coefficient (Wildman–Crippen LogP) is 2.41. The van der Waals surface area contributed by atoms with Gasteiger partial charge in [-0.05, 0) is 26.2 Å². The van der Waals surface area contributed by atoms with Crippen molar-refractivity contribution in [1.82, 2.24) is 0 Å². The monoisotopic (exact) mass is 210 g/mol. The first-order chi connectivity index (χ1) is 7.29. The zero-order valence-electron chi connectivity index (χ0n) is 9.20. The number of ether oxygens (including phenoxy) is 2. The van der Waals surface area contributed by atoms with Crippen molar-refractivity contribution in [2.45, 2.75) is 45.1 Å². The summed E-state index contributed by atoms with van der Waals surface area (Å²) < 4.78 is 10.6. The molecule has 1 saturated carbocycles. The summed E-state index contributed by atoms with van der Waals surface area (Å²) in [6.07, 6.45) is 7.74. The van der Waals surface area contributed by atoms with Crippen molar-refractivity contribution in [3.05, 3.63) is 11.8 Å². The maximum Gasteiger partial charge on any atom is 0.334 e. The van der Waals surface area contributed by atoms with Gasteiger partial charge in [-0.25, -0.2) is 4.79 Å². The van der Waals surface area contributed by atoms with Gasteiger partial charge in [0.15, 0.2) is 0 Å². The van der Waals surface area contributed by atoms with Gasteiger partial charge in [-0.15, -0.1) is 0 Å². The van der Waals surface area contributed by atoms with E-state index in [1.54, 1.807) is 0 Å². The van der Waals surface area contributed by atoms with Crippen LogP contribution in [0.2, 0.25) is 0 Å². The van der Waals surface area contributed by atoms with E-state index in [0.29, 0.717) is 18.6 Å². The molecule has 15 heavy (non-hydrogen) atoms. The second-order valence-electron chi connectivity index (χ2n) is 4.27. The van der Waals surface area contributed by atoms with Crippen LogP contribution in [0.4, 0.5) is 0 Å². The van der Waals surface area contributed by atoms with Crippen LogP contribution in [-0.2, 0) is 14.3 Å². The molecule has 0 bridgehead atoms. The third kappa shape index (κ3) is 2.52. The first-order valence-electron chi connectivity index (χ1n) is 5.83. The molecular weight excluding hydrogens is 192 g/mol. The molecule has 2 rings (SSSR count). The van der Waals surface area contributed by atoms with Crippen LogP contribution in [0, 0.1) is 5.92 Å². The predicted molar refractivity (Wildman–Crippen MR) is 56.2 cm³/mol. The Labute approximate surface area is 90.4 Å².